The Bertz CT molecular complexity index is 563. The highest BCUT2D eigenvalue weighted by atomic mass is 19.3. The van der Waals surface area contributed by atoms with Gasteiger partial charge in [-0.15, -0.1) is 0 Å². The van der Waals surface area contributed by atoms with E-state index < -0.39 is 30.2 Å². The Labute approximate surface area is 158 Å². The van der Waals surface area contributed by atoms with Crippen LogP contribution in [0.3, 0.4) is 0 Å². The lowest BCUT2D eigenvalue weighted by Gasteiger charge is -2.43. The summed E-state index contributed by atoms with van der Waals surface area (Å²) < 4.78 is 34.2. The molecule has 2 aliphatic rings. The van der Waals surface area contributed by atoms with Gasteiger partial charge in [0, 0.05) is 31.6 Å². The number of rotatable bonds is 10. The zero-order chi connectivity index (χ0) is 20.1. The molecular formula is C20H30F2O5. The second kappa shape index (κ2) is 9.24. The van der Waals surface area contributed by atoms with Crippen LogP contribution in [-0.4, -0.2) is 39.8 Å². The van der Waals surface area contributed by atoms with E-state index in [1.807, 2.05) is 19.1 Å². The fourth-order valence-electron chi connectivity index (χ4n) is 4.09. The van der Waals surface area contributed by atoms with Gasteiger partial charge in [-0.1, -0.05) is 25.5 Å². The van der Waals surface area contributed by atoms with E-state index in [0.29, 0.717) is 38.5 Å². The standard InChI is InChI=1S/C20H30F2O5/c1-2-3-11-19(21,22)20(26)12-10-15-14(16(23)13-17(15)27-20)8-6-4-5-7-9-18(24)25/h4,6,14-15,17,26H,2-3,5,7-13H2,1H3,(H,24,25)/b6-4+/t14-,15?,17?,20?/m1/s1. The minimum atomic E-state index is -3.32. The highest BCUT2D eigenvalue weighted by Gasteiger charge is 2.59. The number of unbranched alkanes of at least 4 members (excludes halogenated alkanes) is 2. The Morgan fingerprint density at radius 2 is 2.11 bits per heavy atom. The van der Waals surface area contributed by atoms with E-state index in [0.717, 1.165) is 0 Å². The van der Waals surface area contributed by atoms with Crippen LogP contribution >= 0.6 is 0 Å². The zero-order valence-electron chi connectivity index (χ0n) is 15.8. The van der Waals surface area contributed by atoms with Gasteiger partial charge in [-0.25, -0.2) is 8.78 Å². The first-order valence-electron chi connectivity index (χ1n) is 9.87. The van der Waals surface area contributed by atoms with Gasteiger partial charge < -0.3 is 14.9 Å². The summed E-state index contributed by atoms with van der Waals surface area (Å²) in [7, 11) is 0. The molecule has 1 saturated carbocycles. The van der Waals surface area contributed by atoms with Crippen molar-refractivity contribution in [3.63, 3.8) is 0 Å². The first kappa shape index (κ1) is 22.0. The summed E-state index contributed by atoms with van der Waals surface area (Å²) in [5, 5.41) is 19.0. The van der Waals surface area contributed by atoms with E-state index in [2.05, 4.69) is 0 Å². The lowest BCUT2D eigenvalue weighted by Crippen LogP contribution is -2.55. The number of ketones is 1. The molecule has 2 fully saturated rings. The molecule has 2 rings (SSSR count). The quantitative estimate of drug-likeness (QED) is 0.435. The van der Waals surface area contributed by atoms with Crippen LogP contribution in [0, 0.1) is 11.8 Å². The predicted octanol–water partition coefficient (Wildman–Crippen LogP) is 4.09. The second-order valence-electron chi connectivity index (χ2n) is 7.72. The number of carboxylic acids is 1. The number of Topliss-reactive ketones (excluding diaryl/α,β-unsaturated/α-hetero) is 1. The third kappa shape index (κ3) is 5.35. The van der Waals surface area contributed by atoms with E-state index in [-0.39, 0.29) is 36.9 Å². The number of carbonyl (C=O) groups excluding carboxylic acids is 1. The normalized spacial score (nSPS) is 31.4. The zero-order valence-corrected chi connectivity index (χ0v) is 15.8. The van der Waals surface area contributed by atoms with Crippen molar-refractivity contribution in [1.29, 1.82) is 0 Å². The van der Waals surface area contributed by atoms with Crippen molar-refractivity contribution in [3.05, 3.63) is 12.2 Å². The molecule has 3 unspecified atom stereocenters. The van der Waals surface area contributed by atoms with Gasteiger partial charge in [0.1, 0.15) is 5.78 Å². The van der Waals surface area contributed by atoms with Gasteiger partial charge in [-0.05, 0) is 38.0 Å². The van der Waals surface area contributed by atoms with Gasteiger partial charge in [-0.2, -0.15) is 0 Å². The van der Waals surface area contributed by atoms with E-state index in [9.17, 15) is 23.5 Å². The molecule has 27 heavy (non-hydrogen) atoms. The van der Waals surface area contributed by atoms with Crippen LogP contribution in [0.2, 0.25) is 0 Å². The summed E-state index contributed by atoms with van der Waals surface area (Å²) in [6, 6.07) is 0. The molecule has 0 spiro atoms. The van der Waals surface area contributed by atoms with Gasteiger partial charge in [0.2, 0.25) is 5.79 Å². The minimum Gasteiger partial charge on any atom is -0.481 e. The lowest BCUT2D eigenvalue weighted by atomic mass is 9.82. The Morgan fingerprint density at radius 3 is 2.78 bits per heavy atom. The van der Waals surface area contributed by atoms with E-state index in [1.54, 1.807) is 0 Å². The highest BCUT2D eigenvalue weighted by molar-refractivity contribution is 5.84. The molecule has 1 aliphatic heterocycles. The number of hydrogen-bond acceptors (Lipinski definition) is 4. The summed E-state index contributed by atoms with van der Waals surface area (Å²) in [4.78, 5) is 22.8. The molecule has 1 saturated heterocycles. The SMILES string of the molecule is CCCCC(F)(F)C1(O)CCC2C(CC(=O)[C@@H]2C/C=C/CCCC(=O)O)O1. The van der Waals surface area contributed by atoms with Crippen molar-refractivity contribution < 1.29 is 33.3 Å². The number of allylic oxidation sites excluding steroid dienone is 2. The van der Waals surface area contributed by atoms with E-state index in [1.165, 1.54) is 0 Å². The molecule has 4 atom stereocenters. The largest absolute Gasteiger partial charge is 0.481 e. The Morgan fingerprint density at radius 1 is 1.37 bits per heavy atom. The van der Waals surface area contributed by atoms with Crippen molar-refractivity contribution >= 4 is 11.8 Å². The molecule has 1 aliphatic carbocycles. The number of aliphatic carboxylic acids is 1. The molecule has 7 heteroatoms. The number of alkyl halides is 2. The van der Waals surface area contributed by atoms with E-state index >= 15 is 0 Å². The average molecular weight is 388 g/mol. The Balaban J connectivity index is 1.90. The fraction of sp³-hybridized carbons (Fsp3) is 0.800. The number of aliphatic hydroxyl groups is 1. The van der Waals surface area contributed by atoms with Crippen LogP contribution in [0.5, 0.6) is 0 Å². The van der Waals surface area contributed by atoms with Crippen LogP contribution in [0.1, 0.15) is 71.1 Å². The summed E-state index contributed by atoms with van der Waals surface area (Å²) in [6.45, 7) is 1.81. The summed E-state index contributed by atoms with van der Waals surface area (Å²) >= 11 is 0. The number of halogens is 2. The molecule has 0 aromatic rings. The predicted molar refractivity (Wildman–Crippen MR) is 95.4 cm³/mol. The van der Waals surface area contributed by atoms with Gasteiger partial charge in [0.05, 0.1) is 6.10 Å². The maximum Gasteiger partial charge on any atom is 0.303 e. The number of fused-ring (bicyclic) bond motifs is 1. The summed E-state index contributed by atoms with van der Waals surface area (Å²) in [5.41, 5.74) is 0. The molecule has 0 radical (unpaired) electrons. The molecule has 0 bridgehead atoms. The fourth-order valence-corrected chi connectivity index (χ4v) is 4.09. The van der Waals surface area contributed by atoms with Gasteiger partial charge in [0.15, 0.2) is 0 Å². The third-order valence-electron chi connectivity index (χ3n) is 5.71. The number of carboxylic acid groups (broad SMARTS) is 1. The van der Waals surface area contributed by atoms with E-state index in [4.69, 9.17) is 9.84 Å². The van der Waals surface area contributed by atoms with Crippen LogP contribution in [0.4, 0.5) is 8.78 Å². The van der Waals surface area contributed by atoms with Gasteiger partial charge in [-0.3, -0.25) is 9.59 Å². The molecule has 2 N–H and O–H groups in total. The maximum atomic E-state index is 14.4. The topological polar surface area (TPSA) is 83.8 Å². The number of carbonyl (C=O) groups is 2. The molecule has 1 heterocycles. The first-order valence-corrected chi connectivity index (χ1v) is 9.87. The monoisotopic (exact) mass is 388 g/mol. The van der Waals surface area contributed by atoms with Crippen molar-refractivity contribution in [3.8, 4) is 0 Å². The third-order valence-corrected chi connectivity index (χ3v) is 5.71. The van der Waals surface area contributed by atoms with Gasteiger partial charge in [0.25, 0.3) is 0 Å². The molecule has 0 amide bonds. The summed E-state index contributed by atoms with van der Waals surface area (Å²) in [6.07, 6.45) is 5.57. The first-order chi connectivity index (χ1) is 12.7. The van der Waals surface area contributed by atoms with Crippen molar-refractivity contribution in [2.24, 2.45) is 11.8 Å². The average Bonchev–Trinajstić information content (AvgIpc) is 2.90. The molecule has 5 nitrogen and oxygen atoms in total. The molecule has 0 aromatic carbocycles. The molecule has 154 valence electrons. The minimum absolute atomic E-state index is 0.0127. The smallest absolute Gasteiger partial charge is 0.303 e. The van der Waals surface area contributed by atoms with Crippen molar-refractivity contribution in [2.75, 3.05) is 0 Å². The van der Waals surface area contributed by atoms with Gasteiger partial charge >= 0.3 is 11.9 Å². The maximum absolute atomic E-state index is 14.4. The van der Waals surface area contributed by atoms with Crippen LogP contribution in [0.25, 0.3) is 0 Å². The van der Waals surface area contributed by atoms with Crippen molar-refractivity contribution in [2.45, 2.75) is 88.9 Å². The molecular weight excluding hydrogens is 358 g/mol. The summed E-state index contributed by atoms with van der Waals surface area (Å²) in [5.74, 6) is -7.08. The Kier molecular flexibility index (Phi) is 7.51. The van der Waals surface area contributed by atoms with Crippen LogP contribution < -0.4 is 0 Å². The van der Waals surface area contributed by atoms with Crippen LogP contribution in [-0.2, 0) is 14.3 Å². The Hall–Kier alpha value is -1.34. The van der Waals surface area contributed by atoms with Crippen molar-refractivity contribution in [1.82, 2.24) is 0 Å². The van der Waals surface area contributed by atoms with Crippen LogP contribution in [0.15, 0.2) is 12.2 Å². The number of ether oxygens (including phenoxy) is 1. The lowest BCUT2D eigenvalue weighted by molar-refractivity contribution is -0.356. The second-order valence-corrected chi connectivity index (χ2v) is 7.72. The highest BCUT2D eigenvalue weighted by Crippen LogP contribution is 2.49. The number of hydrogen-bond donors (Lipinski definition) is 2. The molecule has 0 aromatic heterocycles.